The molecule has 2 aromatic carbocycles. The highest BCUT2D eigenvalue weighted by Gasteiger charge is 2.26. The molecule has 0 spiro atoms. The van der Waals surface area contributed by atoms with Crippen molar-refractivity contribution in [3.63, 3.8) is 0 Å². The van der Waals surface area contributed by atoms with E-state index in [4.69, 9.17) is 5.11 Å². The van der Waals surface area contributed by atoms with Gasteiger partial charge in [-0.25, -0.2) is 0 Å². The molecule has 1 aliphatic rings. The van der Waals surface area contributed by atoms with Crippen molar-refractivity contribution in [3.8, 4) is 0 Å². The van der Waals surface area contributed by atoms with Crippen molar-refractivity contribution < 1.29 is 9.90 Å². The zero-order valence-corrected chi connectivity index (χ0v) is 18.8. The van der Waals surface area contributed by atoms with Crippen LogP contribution >= 0.6 is 11.9 Å². The van der Waals surface area contributed by atoms with Crippen LogP contribution in [0.1, 0.15) is 54.8 Å². The van der Waals surface area contributed by atoms with E-state index in [1.54, 1.807) is 11.9 Å². The number of unbranched alkanes of at least 4 members (excludes halogenated alkanes) is 3. The first-order chi connectivity index (χ1) is 14.6. The number of nitrogens with one attached hydrogen (secondary N) is 2. The molecule has 0 fully saturated rings. The van der Waals surface area contributed by atoms with Gasteiger partial charge in [0.2, 0.25) is 5.91 Å². The first kappa shape index (κ1) is 22.7. The van der Waals surface area contributed by atoms with Crippen LogP contribution in [0.4, 0.5) is 5.69 Å². The summed E-state index contributed by atoms with van der Waals surface area (Å²) in [5.41, 5.74) is 5.18. The Bertz CT molecular complexity index is 843. The Kier molecular flexibility index (Phi) is 8.61. The number of hydrogen-bond acceptors (Lipinski definition) is 5. The van der Waals surface area contributed by atoms with Crippen molar-refractivity contribution >= 4 is 23.5 Å². The van der Waals surface area contributed by atoms with Gasteiger partial charge in [0.25, 0.3) is 0 Å². The molecule has 0 saturated carbocycles. The molecule has 0 bridgehead atoms. The van der Waals surface area contributed by atoms with Gasteiger partial charge in [-0.3, -0.25) is 4.79 Å². The lowest BCUT2D eigenvalue weighted by Crippen LogP contribution is -2.26. The predicted molar refractivity (Wildman–Crippen MR) is 125 cm³/mol. The molecule has 5 nitrogen and oxygen atoms in total. The molecule has 0 aliphatic carbocycles. The average molecular weight is 428 g/mol. The van der Waals surface area contributed by atoms with Gasteiger partial charge >= 0.3 is 0 Å². The third kappa shape index (κ3) is 6.00. The fraction of sp³-hybridized carbons (Fsp3) is 0.458. The number of para-hydroxylation sites is 1. The van der Waals surface area contributed by atoms with Crippen molar-refractivity contribution in [1.82, 2.24) is 10.6 Å². The fourth-order valence-electron chi connectivity index (χ4n) is 3.86. The zero-order chi connectivity index (χ0) is 21.3. The molecule has 0 radical (unpaired) electrons. The first-order valence-corrected chi connectivity index (χ1v) is 11.6. The lowest BCUT2D eigenvalue weighted by atomic mass is 9.96. The standard InChI is InChI=1S/C24H33N3O2S/c1-18-12-13-20-22(17-18)30-27(2)21-10-7-6-9-19(21)24(20)26-14-8-4-3-5-11-23(29)25-15-16-28/h6-7,9-10,12-13,17,24,26,28H,3-5,8,11,14-16H2,1-2H3,(H,25,29). The summed E-state index contributed by atoms with van der Waals surface area (Å²) >= 11 is 1.79. The maximum atomic E-state index is 11.6. The molecule has 3 N–H and O–H groups in total. The monoisotopic (exact) mass is 427 g/mol. The van der Waals surface area contributed by atoms with Gasteiger partial charge < -0.3 is 20.0 Å². The predicted octanol–water partition coefficient (Wildman–Crippen LogP) is 4.19. The maximum Gasteiger partial charge on any atom is 0.220 e. The topological polar surface area (TPSA) is 64.6 Å². The molecule has 0 aromatic heterocycles. The van der Waals surface area contributed by atoms with Gasteiger partial charge in [0.05, 0.1) is 18.3 Å². The number of fused-ring (bicyclic) bond motifs is 2. The highest BCUT2D eigenvalue weighted by Crippen LogP contribution is 2.43. The van der Waals surface area contributed by atoms with E-state index in [9.17, 15) is 4.79 Å². The fourth-order valence-corrected chi connectivity index (χ4v) is 4.95. The number of aliphatic hydroxyl groups is 1. The van der Waals surface area contributed by atoms with Crippen LogP contribution in [-0.2, 0) is 4.79 Å². The third-order valence-electron chi connectivity index (χ3n) is 5.42. The molecular formula is C24H33N3O2S. The van der Waals surface area contributed by atoms with Crippen molar-refractivity contribution in [2.45, 2.75) is 50.0 Å². The minimum atomic E-state index is -0.00129. The van der Waals surface area contributed by atoms with Crippen LogP contribution < -0.4 is 14.9 Å². The summed E-state index contributed by atoms with van der Waals surface area (Å²) in [5.74, 6) is 0.0331. The molecule has 6 heteroatoms. The van der Waals surface area contributed by atoms with Gasteiger partial charge in [0.1, 0.15) is 0 Å². The lowest BCUT2D eigenvalue weighted by Gasteiger charge is -2.22. The Balaban J connectivity index is 1.56. The molecule has 1 atom stereocenters. The summed E-state index contributed by atoms with van der Waals surface area (Å²) in [6.45, 7) is 3.43. The SMILES string of the molecule is Cc1ccc2c(c1)SN(C)c1ccccc1C2NCCCCCCC(=O)NCCO. The number of amides is 1. The van der Waals surface area contributed by atoms with Crippen LogP contribution in [0.15, 0.2) is 47.4 Å². The molecule has 3 rings (SSSR count). The van der Waals surface area contributed by atoms with Crippen molar-refractivity contribution in [2.24, 2.45) is 0 Å². The molecule has 162 valence electrons. The van der Waals surface area contributed by atoms with Gasteiger partial charge in [-0.2, -0.15) is 0 Å². The van der Waals surface area contributed by atoms with E-state index >= 15 is 0 Å². The highest BCUT2D eigenvalue weighted by molar-refractivity contribution is 8.00. The average Bonchev–Trinajstić information content (AvgIpc) is 2.85. The Morgan fingerprint density at radius 2 is 1.87 bits per heavy atom. The van der Waals surface area contributed by atoms with Crippen molar-refractivity contribution in [2.75, 3.05) is 31.0 Å². The molecule has 1 unspecified atom stereocenters. The first-order valence-electron chi connectivity index (χ1n) is 10.8. The number of benzene rings is 2. The maximum absolute atomic E-state index is 11.6. The van der Waals surface area contributed by atoms with Gasteiger partial charge in [-0.15, -0.1) is 0 Å². The number of carbonyl (C=O) groups is 1. The smallest absolute Gasteiger partial charge is 0.220 e. The van der Waals surface area contributed by atoms with E-state index in [-0.39, 0.29) is 18.6 Å². The summed E-state index contributed by atoms with van der Waals surface area (Å²) in [6.07, 6.45) is 4.67. The molecule has 30 heavy (non-hydrogen) atoms. The van der Waals surface area contributed by atoms with E-state index in [1.165, 1.54) is 27.3 Å². The number of hydrogen-bond donors (Lipinski definition) is 3. The molecule has 1 amide bonds. The number of aliphatic hydroxyl groups excluding tert-OH is 1. The van der Waals surface area contributed by atoms with Crippen LogP contribution in [0.25, 0.3) is 0 Å². The summed E-state index contributed by atoms with van der Waals surface area (Å²) in [6, 6.07) is 15.6. The highest BCUT2D eigenvalue weighted by atomic mass is 32.2. The second kappa shape index (κ2) is 11.4. The van der Waals surface area contributed by atoms with Crippen molar-refractivity contribution in [3.05, 3.63) is 59.2 Å². The van der Waals surface area contributed by atoms with E-state index in [0.717, 1.165) is 32.2 Å². The van der Waals surface area contributed by atoms with Crippen LogP contribution in [-0.4, -0.2) is 37.8 Å². The minimum absolute atomic E-state index is 0.00129. The van der Waals surface area contributed by atoms with Crippen molar-refractivity contribution in [1.29, 1.82) is 0 Å². The molecule has 2 aromatic rings. The number of rotatable bonds is 10. The third-order valence-corrected chi connectivity index (χ3v) is 6.44. The minimum Gasteiger partial charge on any atom is -0.395 e. The summed E-state index contributed by atoms with van der Waals surface area (Å²) in [5, 5.41) is 15.2. The van der Waals surface area contributed by atoms with Crippen LogP contribution in [0, 0.1) is 6.92 Å². The number of aryl methyl sites for hydroxylation is 1. The Hall–Kier alpha value is -2.02. The van der Waals surface area contributed by atoms with Crippen LogP contribution in [0.3, 0.4) is 0 Å². The molecular weight excluding hydrogens is 394 g/mol. The van der Waals surface area contributed by atoms with Gasteiger partial charge in [0, 0.05) is 24.9 Å². The Morgan fingerprint density at radius 1 is 1.07 bits per heavy atom. The quantitative estimate of drug-likeness (QED) is 0.392. The molecule has 1 heterocycles. The van der Waals surface area contributed by atoms with Gasteiger partial charge in [-0.1, -0.05) is 43.2 Å². The number of nitrogens with zero attached hydrogens (tertiary/aromatic N) is 1. The lowest BCUT2D eigenvalue weighted by molar-refractivity contribution is -0.121. The second-order valence-electron chi connectivity index (χ2n) is 7.81. The van der Waals surface area contributed by atoms with Gasteiger partial charge in [0.15, 0.2) is 0 Å². The molecule has 0 saturated heterocycles. The van der Waals surface area contributed by atoms with Crippen LogP contribution in [0.2, 0.25) is 0 Å². The van der Waals surface area contributed by atoms with E-state index < -0.39 is 0 Å². The second-order valence-corrected chi connectivity index (χ2v) is 8.98. The summed E-state index contributed by atoms with van der Waals surface area (Å²) in [7, 11) is 2.13. The molecule has 1 aliphatic heterocycles. The van der Waals surface area contributed by atoms with Gasteiger partial charge in [-0.05, 0) is 67.1 Å². The zero-order valence-electron chi connectivity index (χ0n) is 18.0. The van der Waals surface area contributed by atoms with Crippen LogP contribution in [0.5, 0.6) is 0 Å². The largest absolute Gasteiger partial charge is 0.395 e. The Labute approximate surface area is 184 Å². The normalized spacial score (nSPS) is 15.3. The number of anilines is 1. The number of carbonyl (C=O) groups excluding carboxylic acids is 1. The summed E-state index contributed by atoms with van der Waals surface area (Å²) in [4.78, 5) is 12.9. The summed E-state index contributed by atoms with van der Waals surface area (Å²) < 4.78 is 2.26. The van der Waals surface area contributed by atoms with E-state index in [1.807, 2.05) is 0 Å². The Morgan fingerprint density at radius 3 is 2.70 bits per heavy atom. The van der Waals surface area contributed by atoms with E-state index in [2.05, 4.69) is 71.4 Å². The van der Waals surface area contributed by atoms with E-state index in [0.29, 0.717) is 13.0 Å².